The number of rotatable bonds is 2. The van der Waals surface area contributed by atoms with Crippen molar-refractivity contribution in [2.45, 2.75) is 45.1 Å². The molecule has 0 amide bonds. The van der Waals surface area contributed by atoms with Crippen LogP contribution in [0.5, 0.6) is 0 Å². The molecule has 0 unspecified atom stereocenters. The maximum atomic E-state index is 5.86. The Bertz CT molecular complexity index is 163. The lowest BCUT2D eigenvalue weighted by atomic mass is 9.61. The van der Waals surface area contributed by atoms with Crippen molar-refractivity contribution in [3.05, 3.63) is 0 Å². The van der Waals surface area contributed by atoms with Gasteiger partial charge >= 0.3 is 0 Å². The molecular formula is C11H22N2. The van der Waals surface area contributed by atoms with Gasteiger partial charge in [0.05, 0.1) is 0 Å². The van der Waals surface area contributed by atoms with Crippen molar-refractivity contribution in [3.63, 3.8) is 0 Å². The van der Waals surface area contributed by atoms with E-state index in [1.54, 1.807) is 0 Å². The van der Waals surface area contributed by atoms with Gasteiger partial charge in [0.15, 0.2) is 0 Å². The quantitative estimate of drug-likeness (QED) is 0.703. The summed E-state index contributed by atoms with van der Waals surface area (Å²) < 4.78 is 0. The van der Waals surface area contributed by atoms with E-state index in [-0.39, 0.29) is 0 Å². The molecule has 0 atom stereocenters. The molecule has 0 aromatic rings. The average Bonchev–Trinajstić information content (AvgIpc) is 2.07. The summed E-state index contributed by atoms with van der Waals surface area (Å²) in [5.74, 6) is 0. The maximum absolute atomic E-state index is 5.86. The Hall–Kier alpha value is -0.0800. The molecule has 2 aliphatic rings. The van der Waals surface area contributed by atoms with Crippen molar-refractivity contribution in [1.82, 2.24) is 4.90 Å². The Morgan fingerprint density at radius 1 is 1.31 bits per heavy atom. The zero-order chi connectivity index (χ0) is 9.31. The third kappa shape index (κ3) is 1.89. The summed E-state index contributed by atoms with van der Waals surface area (Å²) in [6, 6.07) is 0.526. The van der Waals surface area contributed by atoms with Crippen molar-refractivity contribution >= 4 is 0 Å². The first-order valence-electron chi connectivity index (χ1n) is 5.72. The minimum atomic E-state index is 0.526. The van der Waals surface area contributed by atoms with Crippen molar-refractivity contribution in [3.8, 4) is 0 Å². The molecule has 1 saturated carbocycles. The Balaban J connectivity index is 1.77. The van der Waals surface area contributed by atoms with Gasteiger partial charge < -0.3 is 10.6 Å². The lowest BCUT2D eigenvalue weighted by Gasteiger charge is -2.51. The standard InChI is InChI=1S/C11H22N2/c1-2-5-13-6-3-11(4-7-13)8-10(12)9-11/h10H,2-9,12H2,1H3. The average molecular weight is 182 g/mol. The van der Waals surface area contributed by atoms with Gasteiger partial charge in [0.1, 0.15) is 0 Å². The second-order valence-corrected chi connectivity index (χ2v) is 5.01. The summed E-state index contributed by atoms with van der Waals surface area (Å²) in [6.07, 6.45) is 6.70. The number of hydrogen-bond donors (Lipinski definition) is 1. The van der Waals surface area contributed by atoms with E-state index in [4.69, 9.17) is 5.73 Å². The molecule has 13 heavy (non-hydrogen) atoms. The third-order valence-corrected chi connectivity index (χ3v) is 3.85. The maximum Gasteiger partial charge on any atom is 0.00494 e. The zero-order valence-corrected chi connectivity index (χ0v) is 8.76. The number of nitrogens with two attached hydrogens (primary N) is 1. The van der Waals surface area contributed by atoms with E-state index < -0.39 is 0 Å². The highest BCUT2D eigenvalue weighted by molar-refractivity contribution is 4.98. The van der Waals surface area contributed by atoms with E-state index in [0.717, 1.165) is 0 Å². The van der Waals surface area contributed by atoms with Gasteiger partial charge in [-0.1, -0.05) is 6.92 Å². The molecule has 2 rings (SSSR count). The fourth-order valence-electron chi connectivity index (χ4n) is 3.03. The molecule has 1 aliphatic heterocycles. The zero-order valence-electron chi connectivity index (χ0n) is 8.76. The Labute approximate surface area is 81.5 Å². The summed E-state index contributed by atoms with van der Waals surface area (Å²) in [6.45, 7) is 6.20. The smallest absolute Gasteiger partial charge is 0.00494 e. The van der Waals surface area contributed by atoms with Gasteiger partial charge in [-0.2, -0.15) is 0 Å². The molecule has 2 fully saturated rings. The van der Waals surface area contributed by atoms with E-state index in [1.807, 2.05) is 0 Å². The van der Waals surface area contributed by atoms with Crippen molar-refractivity contribution in [2.75, 3.05) is 19.6 Å². The minimum Gasteiger partial charge on any atom is -0.328 e. The van der Waals surface area contributed by atoms with Gasteiger partial charge in [-0.25, -0.2) is 0 Å². The largest absolute Gasteiger partial charge is 0.328 e. The van der Waals surface area contributed by atoms with Crippen LogP contribution >= 0.6 is 0 Å². The lowest BCUT2D eigenvalue weighted by Crippen LogP contribution is -2.52. The van der Waals surface area contributed by atoms with Crippen molar-refractivity contribution < 1.29 is 0 Å². The molecule has 0 radical (unpaired) electrons. The van der Waals surface area contributed by atoms with Crippen LogP contribution in [-0.4, -0.2) is 30.6 Å². The molecule has 2 heteroatoms. The van der Waals surface area contributed by atoms with Crippen LogP contribution in [0.1, 0.15) is 39.0 Å². The highest BCUT2D eigenvalue weighted by atomic mass is 15.1. The molecule has 0 bridgehead atoms. The van der Waals surface area contributed by atoms with E-state index in [9.17, 15) is 0 Å². The molecule has 0 aromatic heterocycles. The van der Waals surface area contributed by atoms with Crippen LogP contribution in [-0.2, 0) is 0 Å². The first kappa shape index (κ1) is 9.47. The van der Waals surface area contributed by atoms with E-state index in [2.05, 4.69) is 11.8 Å². The van der Waals surface area contributed by atoms with Gasteiger partial charge in [-0.15, -0.1) is 0 Å². The second-order valence-electron chi connectivity index (χ2n) is 5.01. The summed E-state index contributed by atoms with van der Waals surface area (Å²) in [5, 5.41) is 0. The molecule has 76 valence electrons. The van der Waals surface area contributed by atoms with Crippen LogP contribution in [0.2, 0.25) is 0 Å². The molecular weight excluding hydrogens is 160 g/mol. The van der Waals surface area contributed by atoms with Crippen molar-refractivity contribution in [1.29, 1.82) is 0 Å². The van der Waals surface area contributed by atoms with Gasteiger partial charge in [-0.05, 0) is 57.2 Å². The molecule has 1 spiro atoms. The number of likely N-dealkylation sites (tertiary alicyclic amines) is 1. The van der Waals surface area contributed by atoms with E-state index in [0.29, 0.717) is 11.5 Å². The highest BCUT2D eigenvalue weighted by Gasteiger charge is 2.43. The number of nitrogens with zero attached hydrogens (tertiary/aromatic N) is 1. The predicted octanol–water partition coefficient (Wildman–Crippen LogP) is 1.60. The lowest BCUT2D eigenvalue weighted by molar-refractivity contribution is 0.0182. The topological polar surface area (TPSA) is 29.3 Å². The summed E-state index contributed by atoms with van der Waals surface area (Å²) in [4.78, 5) is 2.61. The molecule has 1 aliphatic carbocycles. The van der Waals surface area contributed by atoms with E-state index in [1.165, 1.54) is 51.7 Å². The third-order valence-electron chi connectivity index (χ3n) is 3.85. The number of hydrogen-bond acceptors (Lipinski definition) is 2. The Morgan fingerprint density at radius 3 is 2.38 bits per heavy atom. The van der Waals surface area contributed by atoms with E-state index >= 15 is 0 Å². The van der Waals surface area contributed by atoms with Gasteiger partial charge in [-0.3, -0.25) is 0 Å². The van der Waals surface area contributed by atoms with Crippen molar-refractivity contribution in [2.24, 2.45) is 11.1 Å². The highest BCUT2D eigenvalue weighted by Crippen LogP contribution is 2.48. The second kappa shape index (κ2) is 3.58. The monoisotopic (exact) mass is 182 g/mol. The van der Waals surface area contributed by atoms with Crippen LogP contribution in [0.3, 0.4) is 0 Å². The fourth-order valence-corrected chi connectivity index (χ4v) is 3.03. The van der Waals surface area contributed by atoms with Gasteiger partial charge in [0, 0.05) is 6.04 Å². The minimum absolute atomic E-state index is 0.526. The Morgan fingerprint density at radius 2 is 1.92 bits per heavy atom. The predicted molar refractivity (Wildman–Crippen MR) is 55.6 cm³/mol. The molecule has 1 saturated heterocycles. The van der Waals surface area contributed by atoms with Crippen LogP contribution in [0.4, 0.5) is 0 Å². The van der Waals surface area contributed by atoms with Crippen LogP contribution in [0.25, 0.3) is 0 Å². The first-order valence-corrected chi connectivity index (χ1v) is 5.72. The summed E-state index contributed by atoms with van der Waals surface area (Å²) in [5.41, 5.74) is 6.55. The SMILES string of the molecule is CCCN1CCC2(CC1)CC(N)C2. The molecule has 2 nitrogen and oxygen atoms in total. The van der Waals surface area contributed by atoms with Crippen LogP contribution < -0.4 is 5.73 Å². The summed E-state index contributed by atoms with van der Waals surface area (Å²) >= 11 is 0. The fraction of sp³-hybridized carbons (Fsp3) is 1.00. The molecule has 2 N–H and O–H groups in total. The molecule has 0 aromatic carbocycles. The van der Waals surface area contributed by atoms with Gasteiger partial charge in [0.2, 0.25) is 0 Å². The van der Waals surface area contributed by atoms with Crippen LogP contribution in [0.15, 0.2) is 0 Å². The summed E-state index contributed by atoms with van der Waals surface area (Å²) in [7, 11) is 0. The first-order chi connectivity index (χ1) is 6.24. The number of piperidine rings is 1. The molecule has 1 heterocycles. The van der Waals surface area contributed by atoms with Crippen LogP contribution in [0, 0.1) is 5.41 Å². The normalized spacial score (nSPS) is 29.1. The van der Waals surface area contributed by atoms with Gasteiger partial charge in [0.25, 0.3) is 0 Å². The Kier molecular flexibility index (Phi) is 2.61.